The molecule has 0 fully saturated rings. The Balaban J connectivity index is 2.94. The van der Waals surface area contributed by atoms with Gasteiger partial charge in [-0.2, -0.15) is 5.26 Å². The predicted octanol–water partition coefficient (Wildman–Crippen LogP) is 2.31. The van der Waals surface area contributed by atoms with Crippen molar-refractivity contribution in [3.8, 4) is 6.07 Å². The fourth-order valence-electron chi connectivity index (χ4n) is 1.64. The van der Waals surface area contributed by atoms with E-state index in [1.807, 2.05) is 32.0 Å². The van der Waals surface area contributed by atoms with Crippen LogP contribution in [-0.4, -0.2) is 4.98 Å². The van der Waals surface area contributed by atoms with E-state index in [1.54, 1.807) is 6.07 Å². The lowest BCUT2D eigenvalue weighted by Gasteiger charge is -2.06. The van der Waals surface area contributed by atoms with Crippen molar-refractivity contribution < 1.29 is 0 Å². The Kier molecular flexibility index (Phi) is 2.05. The van der Waals surface area contributed by atoms with Gasteiger partial charge in [0.25, 0.3) is 0 Å². The molecule has 0 aliphatic rings. The minimum atomic E-state index is 0.304. The Morgan fingerprint density at radius 3 is 2.60 bits per heavy atom. The first kappa shape index (κ1) is 9.47. The molecule has 0 aliphatic carbocycles. The van der Waals surface area contributed by atoms with Crippen molar-refractivity contribution in [2.24, 2.45) is 0 Å². The zero-order valence-electron chi connectivity index (χ0n) is 8.70. The maximum Gasteiger partial charge on any atom is 0.142 e. The third kappa shape index (κ3) is 1.40. The van der Waals surface area contributed by atoms with Gasteiger partial charge in [0.05, 0.1) is 11.1 Å². The molecule has 2 N–H and O–H groups in total. The van der Waals surface area contributed by atoms with Crippen LogP contribution in [0.5, 0.6) is 0 Å². The molecule has 1 aromatic heterocycles. The van der Waals surface area contributed by atoms with Crippen LogP contribution in [0.3, 0.4) is 0 Å². The molecule has 1 aromatic carbocycles. The van der Waals surface area contributed by atoms with Crippen molar-refractivity contribution in [3.63, 3.8) is 0 Å². The molecule has 0 saturated carbocycles. The van der Waals surface area contributed by atoms with E-state index in [0.29, 0.717) is 11.4 Å². The SMILES string of the molecule is Cc1ccc(C)c2nc(N)c(C#N)cc12. The fourth-order valence-corrected chi connectivity index (χ4v) is 1.64. The van der Waals surface area contributed by atoms with Crippen LogP contribution in [0.2, 0.25) is 0 Å². The highest BCUT2D eigenvalue weighted by atomic mass is 14.8. The maximum atomic E-state index is 8.87. The van der Waals surface area contributed by atoms with Crippen LogP contribution in [0.25, 0.3) is 10.9 Å². The summed E-state index contributed by atoms with van der Waals surface area (Å²) in [7, 11) is 0. The molecule has 0 spiro atoms. The van der Waals surface area contributed by atoms with Crippen LogP contribution in [0.4, 0.5) is 5.82 Å². The number of pyridine rings is 1. The van der Waals surface area contributed by atoms with Gasteiger partial charge in [0.1, 0.15) is 11.9 Å². The van der Waals surface area contributed by atoms with E-state index >= 15 is 0 Å². The number of rotatable bonds is 0. The van der Waals surface area contributed by atoms with E-state index in [2.05, 4.69) is 4.98 Å². The van der Waals surface area contributed by atoms with Crippen LogP contribution in [0.1, 0.15) is 16.7 Å². The number of nitrogens with two attached hydrogens (primary N) is 1. The van der Waals surface area contributed by atoms with Crippen molar-refractivity contribution in [3.05, 3.63) is 34.9 Å². The zero-order valence-corrected chi connectivity index (χ0v) is 8.70. The van der Waals surface area contributed by atoms with E-state index in [1.165, 1.54) is 0 Å². The van der Waals surface area contributed by atoms with Crippen LogP contribution < -0.4 is 5.73 Å². The number of hydrogen-bond donors (Lipinski definition) is 1. The number of aromatic nitrogens is 1. The van der Waals surface area contributed by atoms with Crippen molar-refractivity contribution in [1.82, 2.24) is 4.98 Å². The van der Waals surface area contributed by atoms with E-state index in [9.17, 15) is 0 Å². The number of nitriles is 1. The molecule has 2 aromatic rings. The van der Waals surface area contributed by atoms with Gasteiger partial charge >= 0.3 is 0 Å². The average Bonchev–Trinajstić information content (AvgIpc) is 2.23. The topological polar surface area (TPSA) is 62.7 Å². The van der Waals surface area contributed by atoms with Gasteiger partial charge in [0.15, 0.2) is 0 Å². The number of anilines is 1. The summed E-state index contributed by atoms with van der Waals surface area (Å²) in [6.45, 7) is 3.99. The summed E-state index contributed by atoms with van der Waals surface area (Å²) in [5.41, 5.74) is 9.19. The minimum absolute atomic E-state index is 0.304. The Labute approximate surface area is 88.2 Å². The maximum absolute atomic E-state index is 8.87. The van der Waals surface area contributed by atoms with Gasteiger partial charge in [0, 0.05) is 5.39 Å². The third-order valence-electron chi connectivity index (χ3n) is 2.55. The summed E-state index contributed by atoms with van der Waals surface area (Å²) in [5, 5.41) is 9.87. The molecule has 0 amide bonds. The van der Waals surface area contributed by atoms with E-state index < -0.39 is 0 Å². The lowest BCUT2D eigenvalue weighted by Crippen LogP contribution is -1.97. The first-order chi connectivity index (χ1) is 7.13. The largest absolute Gasteiger partial charge is 0.383 e. The molecule has 3 nitrogen and oxygen atoms in total. The second-order valence-electron chi connectivity index (χ2n) is 3.63. The molecule has 74 valence electrons. The summed E-state index contributed by atoms with van der Waals surface area (Å²) in [6, 6.07) is 7.89. The normalized spacial score (nSPS) is 10.2. The summed E-state index contributed by atoms with van der Waals surface area (Å²) < 4.78 is 0. The number of nitrogens with zero attached hydrogens (tertiary/aromatic N) is 2. The summed E-state index contributed by atoms with van der Waals surface area (Å²) in [6.07, 6.45) is 0. The Morgan fingerprint density at radius 2 is 1.93 bits per heavy atom. The molecular weight excluding hydrogens is 186 g/mol. The second-order valence-corrected chi connectivity index (χ2v) is 3.63. The molecule has 1 heterocycles. The lowest BCUT2D eigenvalue weighted by atomic mass is 10.0. The predicted molar refractivity (Wildman–Crippen MR) is 60.3 cm³/mol. The monoisotopic (exact) mass is 197 g/mol. The molecular formula is C12H11N3. The molecule has 15 heavy (non-hydrogen) atoms. The van der Waals surface area contributed by atoms with Crippen molar-refractivity contribution in [2.75, 3.05) is 5.73 Å². The summed E-state index contributed by atoms with van der Waals surface area (Å²) in [5.74, 6) is 0.304. The Hall–Kier alpha value is -2.08. The highest BCUT2D eigenvalue weighted by Gasteiger charge is 2.06. The minimum Gasteiger partial charge on any atom is -0.383 e. The van der Waals surface area contributed by atoms with Gasteiger partial charge in [-0.3, -0.25) is 0 Å². The van der Waals surface area contributed by atoms with Crippen LogP contribution in [-0.2, 0) is 0 Å². The number of hydrogen-bond acceptors (Lipinski definition) is 3. The zero-order chi connectivity index (χ0) is 11.0. The third-order valence-corrected chi connectivity index (χ3v) is 2.55. The van der Waals surface area contributed by atoms with Crippen molar-refractivity contribution >= 4 is 16.7 Å². The van der Waals surface area contributed by atoms with Gasteiger partial charge in [0.2, 0.25) is 0 Å². The first-order valence-electron chi connectivity index (χ1n) is 4.70. The van der Waals surface area contributed by atoms with Crippen LogP contribution in [0, 0.1) is 25.2 Å². The molecule has 0 saturated heterocycles. The summed E-state index contributed by atoms with van der Waals surface area (Å²) >= 11 is 0. The number of fused-ring (bicyclic) bond motifs is 1. The van der Waals surface area contributed by atoms with E-state index in [0.717, 1.165) is 22.0 Å². The smallest absolute Gasteiger partial charge is 0.142 e. The van der Waals surface area contributed by atoms with E-state index in [4.69, 9.17) is 11.0 Å². The first-order valence-corrected chi connectivity index (χ1v) is 4.70. The van der Waals surface area contributed by atoms with Crippen molar-refractivity contribution in [2.45, 2.75) is 13.8 Å². The quantitative estimate of drug-likeness (QED) is 0.704. The highest BCUT2D eigenvalue weighted by Crippen LogP contribution is 2.23. The molecule has 0 aliphatic heterocycles. The number of nitrogen functional groups attached to an aromatic ring is 1. The lowest BCUT2D eigenvalue weighted by molar-refractivity contribution is 1.33. The highest BCUT2D eigenvalue weighted by molar-refractivity contribution is 5.87. The molecule has 0 bridgehead atoms. The van der Waals surface area contributed by atoms with Crippen molar-refractivity contribution in [1.29, 1.82) is 5.26 Å². The van der Waals surface area contributed by atoms with E-state index in [-0.39, 0.29) is 0 Å². The van der Waals surface area contributed by atoms with Crippen LogP contribution in [0.15, 0.2) is 18.2 Å². The standard InChI is InChI=1S/C12H11N3/c1-7-3-4-8(2)11-10(7)5-9(6-13)12(14)15-11/h3-5H,1-2H3,(H2,14,15). The van der Waals surface area contributed by atoms with Gasteiger partial charge in [-0.25, -0.2) is 4.98 Å². The molecule has 0 radical (unpaired) electrons. The second kappa shape index (κ2) is 3.25. The Bertz CT molecular complexity index is 579. The fraction of sp³-hybridized carbons (Fsp3) is 0.167. The van der Waals surface area contributed by atoms with Gasteiger partial charge in [-0.05, 0) is 31.0 Å². The Morgan fingerprint density at radius 1 is 1.27 bits per heavy atom. The van der Waals surface area contributed by atoms with Crippen LogP contribution >= 0.6 is 0 Å². The molecule has 2 rings (SSSR count). The van der Waals surface area contributed by atoms with Gasteiger partial charge in [-0.1, -0.05) is 12.1 Å². The number of benzene rings is 1. The molecule has 0 unspecified atom stereocenters. The number of aryl methyl sites for hydroxylation is 2. The van der Waals surface area contributed by atoms with Gasteiger partial charge in [-0.15, -0.1) is 0 Å². The summed E-state index contributed by atoms with van der Waals surface area (Å²) in [4.78, 5) is 4.26. The molecule has 0 atom stereocenters. The molecule has 3 heteroatoms. The van der Waals surface area contributed by atoms with Gasteiger partial charge < -0.3 is 5.73 Å². The average molecular weight is 197 g/mol.